The molecule has 0 bridgehead atoms. The first-order valence-electron chi connectivity index (χ1n) is 5.21. The predicted octanol–water partition coefficient (Wildman–Crippen LogP) is -0.107. The first-order chi connectivity index (χ1) is 7.66. The summed E-state index contributed by atoms with van der Waals surface area (Å²) in [5, 5.41) is 12.1. The van der Waals surface area contributed by atoms with Gasteiger partial charge in [0.25, 0.3) is 0 Å². The number of hydrogen-bond acceptors (Lipinski definition) is 5. The van der Waals surface area contributed by atoms with E-state index in [1.807, 2.05) is 6.07 Å². The van der Waals surface area contributed by atoms with Gasteiger partial charge in [0.2, 0.25) is 5.82 Å². The summed E-state index contributed by atoms with van der Waals surface area (Å²) >= 11 is 0. The van der Waals surface area contributed by atoms with Crippen LogP contribution in [0.1, 0.15) is 16.3 Å². The molecule has 0 spiro atoms. The standard InChI is InChI=1S/C10H14N4O2/c1-7-6-8(13-9(12-7)10(15)16)14-4-2-11-3-5-14/h6,11H,2-5H2,1H3,(H,15,16). The van der Waals surface area contributed by atoms with Gasteiger partial charge in [-0.05, 0) is 6.92 Å². The molecule has 86 valence electrons. The van der Waals surface area contributed by atoms with Gasteiger partial charge in [0, 0.05) is 37.9 Å². The van der Waals surface area contributed by atoms with Crippen molar-refractivity contribution in [3.8, 4) is 0 Å². The molecular formula is C10H14N4O2. The number of hydrogen-bond donors (Lipinski definition) is 2. The van der Waals surface area contributed by atoms with Crippen molar-refractivity contribution < 1.29 is 9.90 Å². The van der Waals surface area contributed by atoms with E-state index in [1.54, 1.807) is 6.92 Å². The van der Waals surface area contributed by atoms with Gasteiger partial charge in [-0.3, -0.25) is 0 Å². The second-order valence-corrected chi connectivity index (χ2v) is 3.73. The molecule has 6 heteroatoms. The van der Waals surface area contributed by atoms with E-state index in [-0.39, 0.29) is 5.82 Å². The number of rotatable bonds is 2. The van der Waals surface area contributed by atoms with Crippen molar-refractivity contribution in [1.82, 2.24) is 15.3 Å². The molecule has 0 radical (unpaired) electrons. The van der Waals surface area contributed by atoms with Crippen LogP contribution in [0, 0.1) is 6.92 Å². The molecule has 6 nitrogen and oxygen atoms in total. The largest absolute Gasteiger partial charge is 0.475 e. The van der Waals surface area contributed by atoms with Crippen molar-refractivity contribution in [1.29, 1.82) is 0 Å². The lowest BCUT2D eigenvalue weighted by atomic mass is 10.3. The highest BCUT2D eigenvalue weighted by Crippen LogP contribution is 2.13. The number of piperazine rings is 1. The molecule has 0 aromatic carbocycles. The Bertz CT molecular complexity index is 402. The molecule has 1 aliphatic rings. The molecule has 1 fully saturated rings. The third-order valence-corrected chi connectivity index (χ3v) is 2.47. The van der Waals surface area contributed by atoms with E-state index >= 15 is 0 Å². The zero-order valence-corrected chi connectivity index (χ0v) is 9.10. The fraction of sp³-hybridized carbons (Fsp3) is 0.500. The molecule has 1 aromatic rings. The van der Waals surface area contributed by atoms with Gasteiger partial charge in [-0.1, -0.05) is 0 Å². The van der Waals surface area contributed by atoms with Crippen LogP contribution in [0.4, 0.5) is 5.82 Å². The van der Waals surface area contributed by atoms with Crippen molar-refractivity contribution in [3.63, 3.8) is 0 Å². The summed E-state index contributed by atoms with van der Waals surface area (Å²) in [6.45, 7) is 5.25. The molecule has 0 aliphatic carbocycles. The second-order valence-electron chi connectivity index (χ2n) is 3.73. The van der Waals surface area contributed by atoms with E-state index in [1.165, 1.54) is 0 Å². The second kappa shape index (κ2) is 4.44. The fourth-order valence-corrected chi connectivity index (χ4v) is 1.70. The monoisotopic (exact) mass is 222 g/mol. The quantitative estimate of drug-likeness (QED) is 0.727. The van der Waals surface area contributed by atoms with E-state index in [9.17, 15) is 4.79 Å². The minimum absolute atomic E-state index is 0.131. The summed E-state index contributed by atoms with van der Waals surface area (Å²) in [7, 11) is 0. The third-order valence-electron chi connectivity index (χ3n) is 2.47. The first-order valence-corrected chi connectivity index (χ1v) is 5.21. The Morgan fingerprint density at radius 3 is 2.75 bits per heavy atom. The molecule has 2 N–H and O–H groups in total. The molecule has 0 atom stereocenters. The Morgan fingerprint density at radius 1 is 1.44 bits per heavy atom. The first kappa shape index (κ1) is 10.8. The molecule has 16 heavy (non-hydrogen) atoms. The SMILES string of the molecule is Cc1cc(N2CCNCC2)nc(C(=O)O)n1. The van der Waals surface area contributed by atoms with Crippen LogP contribution >= 0.6 is 0 Å². The zero-order chi connectivity index (χ0) is 11.5. The average molecular weight is 222 g/mol. The lowest BCUT2D eigenvalue weighted by molar-refractivity contribution is 0.0683. The molecule has 0 saturated carbocycles. The predicted molar refractivity (Wildman–Crippen MR) is 58.8 cm³/mol. The van der Waals surface area contributed by atoms with Crippen molar-refractivity contribution in [2.45, 2.75) is 6.92 Å². The summed E-state index contributed by atoms with van der Waals surface area (Å²) in [6, 6.07) is 1.82. The number of aryl methyl sites for hydroxylation is 1. The van der Waals surface area contributed by atoms with Crippen molar-refractivity contribution in [2.75, 3.05) is 31.1 Å². The van der Waals surface area contributed by atoms with Gasteiger partial charge in [0.05, 0.1) is 0 Å². The Labute approximate surface area is 93.3 Å². The molecule has 0 amide bonds. The molecule has 1 saturated heterocycles. The van der Waals surface area contributed by atoms with Crippen molar-refractivity contribution >= 4 is 11.8 Å². The van der Waals surface area contributed by atoms with Crippen LogP contribution in [0.3, 0.4) is 0 Å². The lowest BCUT2D eigenvalue weighted by Gasteiger charge is -2.28. The molecule has 1 aliphatic heterocycles. The number of carboxylic acid groups (broad SMARTS) is 1. The van der Waals surface area contributed by atoms with Crippen molar-refractivity contribution in [3.05, 3.63) is 17.6 Å². The number of aromatic carboxylic acids is 1. The van der Waals surface area contributed by atoms with Gasteiger partial charge in [0.15, 0.2) is 0 Å². The highest BCUT2D eigenvalue weighted by molar-refractivity contribution is 5.83. The molecular weight excluding hydrogens is 208 g/mol. The summed E-state index contributed by atoms with van der Waals surface area (Å²) < 4.78 is 0. The number of nitrogens with one attached hydrogen (secondary N) is 1. The minimum atomic E-state index is -1.08. The zero-order valence-electron chi connectivity index (χ0n) is 9.10. The van der Waals surface area contributed by atoms with Crippen LogP contribution < -0.4 is 10.2 Å². The van der Waals surface area contributed by atoms with Gasteiger partial charge in [0.1, 0.15) is 5.82 Å². The minimum Gasteiger partial charge on any atom is -0.475 e. The van der Waals surface area contributed by atoms with Crippen molar-refractivity contribution in [2.24, 2.45) is 0 Å². The Balaban J connectivity index is 2.28. The highest BCUT2D eigenvalue weighted by atomic mass is 16.4. The van der Waals surface area contributed by atoms with E-state index in [0.29, 0.717) is 11.5 Å². The third kappa shape index (κ3) is 2.27. The van der Waals surface area contributed by atoms with Gasteiger partial charge < -0.3 is 15.3 Å². The number of carboxylic acids is 1. The molecule has 2 heterocycles. The number of aromatic nitrogens is 2. The van der Waals surface area contributed by atoms with Crippen LogP contribution in [0.15, 0.2) is 6.07 Å². The number of nitrogens with zero attached hydrogens (tertiary/aromatic N) is 3. The molecule has 2 rings (SSSR count). The molecule has 0 unspecified atom stereocenters. The summed E-state index contributed by atoms with van der Waals surface area (Å²) in [5.41, 5.74) is 0.681. The maximum absolute atomic E-state index is 10.8. The van der Waals surface area contributed by atoms with E-state index in [0.717, 1.165) is 26.2 Å². The van der Waals surface area contributed by atoms with Gasteiger partial charge in [-0.25, -0.2) is 14.8 Å². The Hall–Kier alpha value is -1.69. The van der Waals surface area contributed by atoms with E-state index in [4.69, 9.17) is 5.11 Å². The van der Waals surface area contributed by atoms with Gasteiger partial charge >= 0.3 is 5.97 Å². The van der Waals surface area contributed by atoms with E-state index < -0.39 is 5.97 Å². The average Bonchev–Trinajstić information content (AvgIpc) is 2.29. The topological polar surface area (TPSA) is 78.4 Å². The normalized spacial score (nSPS) is 16.2. The summed E-state index contributed by atoms with van der Waals surface area (Å²) in [5.74, 6) is -0.514. The Morgan fingerprint density at radius 2 is 2.12 bits per heavy atom. The van der Waals surface area contributed by atoms with Crippen LogP contribution in [-0.2, 0) is 0 Å². The summed E-state index contributed by atoms with van der Waals surface area (Å²) in [4.78, 5) is 20.8. The molecule has 1 aromatic heterocycles. The number of anilines is 1. The Kier molecular flexibility index (Phi) is 3.00. The smallest absolute Gasteiger partial charge is 0.374 e. The van der Waals surface area contributed by atoms with E-state index in [2.05, 4.69) is 20.2 Å². The van der Waals surface area contributed by atoms with Crippen LogP contribution in [0.25, 0.3) is 0 Å². The van der Waals surface area contributed by atoms with Gasteiger partial charge in [-0.2, -0.15) is 0 Å². The van der Waals surface area contributed by atoms with Crippen LogP contribution in [-0.4, -0.2) is 47.2 Å². The fourth-order valence-electron chi connectivity index (χ4n) is 1.70. The maximum Gasteiger partial charge on any atom is 0.374 e. The summed E-state index contributed by atoms with van der Waals surface area (Å²) in [6.07, 6.45) is 0. The van der Waals surface area contributed by atoms with Crippen LogP contribution in [0.2, 0.25) is 0 Å². The number of carbonyl (C=O) groups is 1. The maximum atomic E-state index is 10.8. The van der Waals surface area contributed by atoms with Gasteiger partial charge in [-0.15, -0.1) is 0 Å². The lowest BCUT2D eigenvalue weighted by Crippen LogP contribution is -2.44. The van der Waals surface area contributed by atoms with Crippen LogP contribution in [0.5, 0.6) is 0 Å². The highest BCUT2D eigenvalue weighted by Gasteiger charge is 2.15.